The molecule has 0 aliphatic carbocycles. The van der Waals surface area contributed by atoms with Crippen LogP contribution in [0.15, 0.2) is 60.9 Å². The molecule has 0 saturated carbocycles. The highest BCUT2D eigenvalue weighted by Crippen LogP contribution is 2.25. The second-order valence-electron chi connectivity index (χ2n) is 5.04. The molecule has 4 heteroatoms. The maximum Gasteiger partial charge on any atom is 0.143 e. The minimum absolute atomic E-state index is 0. The maximum atomic E-state index is 9.23. The van der Waals surface area contributed by atoms with E-state index in [1.165, 1.54) is 5.39 Å². The number of phenols is 1. The van der Waals surface area contributed by atoms with E-state index in [0.717, 1.165) is 22.2 Å². The Morgan fingerprint density at radius 3 is 2.48 bits per heavy atom. The number of para-hydroxylation sites is 2. The normalized spacial score (nSPS) is 10.0. The summed E-state index contributed by atoms with van der Waals surface area (Å²) in [5.74, 6) is 1.24. The first-order chi connectivity index (χ1) is 10.7. The third-order valence-electron chi connectivity index (χ3n) is 3.65. The Bertz CT molecular complexity index is 906. The van der Waals surface area contributed by atoms with Gasteiger partial charge in [-0.2, -0.15) is 0 Å². The van der Waals surface area contributed by atoms with Gasteiger partial charge in [0.15, 0.2) is 0 Å². The van der Waals surface area contributed by atoms with E-state index in [0.29, 0.717) is 5.75 Å². The van der Waals surface area contributed by atoms with Gasteiger partial charge in [0.05, 0.1) is 18.1 Å². The summed E-state index contributed by atoms with van der Waals surface area (Å²) in [4.78, 5) is 2.94. The summed E-state index contributed by atoms with van der Waals surface area (Å²) in [6.07, 6.45) is 3.84. The zero-order valence-electron chi connectivity index (χ0n) is 12.6. The summed E-state index contributed by atoms with van der Waals surface area (Å²) in [7, 11) is 3.71. The lowest BCUT2D eigenvalue weighted by atomic mass is 10.2. The molecule has 23 heavy (non-hydrogen) atoms. The zero-order chi connectivity index (χ0) is 15.5. The fourth-order valence-electron chi connectivity index (χ4n) is 2.55. The molecule has 4 aromatic rings. The van der Waals surface area contributed by atoms with Crippen LogP contribution in [0, 0.1) is 0 Å². The van der Waals surface area contributed by atoms with Crippen molar-refractivity contribution in [1.29, 1.82) is 0 Å². The Morgan fingerprint density at radius 2 is 1.74 bits per heavy atom. The molecule has 2 N–H and O–H groups in total. The number of aromatic amines is 1. The fourth-order valence-corrected chi connectivity index (χ4v) is 2.55. The standard InChI is InChI=1S/C10H11NO.C8H7NO.CH4/c1-11-7-6-8-4-3-5-9(12-2)10(8)11;10-7-3-1-2-6-4-5-9-8(6)7;/h3-7H,1-2H3;1-5,9-10H;1H4. The second kappa shape index (κ2) is 6.92. The largest absolute Gasteiger partial charge is 0.506 e. The highest BCUT2D eigenvalue weighted by Gasteiger charge is 2.02. The van der Waals surface area contributed by atoms with Crippen LogP contribution in [-0.2, 0) is 7.05 Å². The number of rotatable bonds is 1. The molecule has 0 aliphatic rings. The number of aromatic hydroxyl groups is 1. The van der Waals surface area contributed by atoms with Gasteiger partial charge in [-0.25, -0.2) is 0 Å². The highest BCUT2D eigenvalue weighted by atomic mass is 16.5. The number of phenolic OH excluding ortho intramolecular Hbond substituents is 1. The van der Waals surface area contributed by atoms with E-state index in [-0.39, 0.29) is 7.43 Å². The van der Waals surface area contributed by atoms with Crippen molar-refractivity contribution < 1.29 is 9.84 Å². The summed E-state index contributed by atoms with van der Waals surface area (Å²) >= 11 is 0. The number of fused-ring (bicyclic) bond motifs is 2. The first-order valence-electron chi connectivity index (χ1n) is 7.04. The van der Waals surface area contributed by atoms with Crippen LogP contribution in [0.5, 0.6) is 11.5 Å². The number of ether oxygens (including phenoxy) is 1. The number of H-pyrrole nitrogens is 1. The molecule has 0 fully saturated rings. The van der Waals surface area contributed by atoms with Gasteiger partial charge in [-0.1, -0.05) is 31.7 Å². The number of nitrogens with one attached hydrogen (secondary N) is 1. The summed E-state index contributed by atoms with van der Waals surface area (Å²) in [6, 6.07) is 15.5. The maximum absolute atomic E-state index is 9.23. The molecule has 0 aliphatic heterocycles. The van der Waals surface area contributed by atoms with Crippen molar-refractivity contribution >= 4 is 21.8 Å². The van der Waals surface area contributed by atoms with Crippen molar-refractivity contribution in [1.82, 2.24) is 9.55 Å². The summed E-state index contributed by atoms with van der Waals surface area (Å²) in [5.41, 5.74) is 1.96. The Morgan fingerprint density at radius 1 is 1.00 bits per heavy atom. The number of hydrogen-bond donors (Lipinski definition) is 2. The third-order valence-corrected chi connectivity index (χ3v) is 3.65. The molecule has 0 unspecified atom stereocenters. The van der Waals surface area contributed by atoms with E-state index in [1.54, 1.807) is 13.2 Å². The van der Waals surface area contributed by atoms with Crippen LogP contribution >= 0.6 is 0 Å². The molecule has 0 spiro atoms. The van der Waals surface area contributed by atoms with Crippen molar-refractivity contribution in [2.45, 2.75) is 7.43 Å². The van der Waals surface area contributed by atoms with E-state index in [4.69, 9.17) is 4.74 Å². The second-order valence-corrected chi connectivity index (χ2v) is 5.04. The first kappa shape index (κ1) is 16.5. The van der Waals surface area contributed by atoms with Gasteiger partial charge in [0.25, 0.3) is 0 Å². The molecule has 0 bridgehead atoms. The molecule has 0 radical (unpaired) electrons. The number of methoxy groups -OCH3 is 1. The number of nitrogens with zero attached hydrogens (tertiary/aromatic N) is 1. The molecule has 2 aromatic carbocycles. The van der Waals surface area contributed by atoms with E-state index in [9.17, 15) is 5.11 Å². The number of hydrogen-bond acceptors (Lipinski definition) is 2. The van der Waals surface area contributed by atoms with Gasteiger partial charge in [0, 0.05) is 30.2 Å². The lowest BCUT2D eigenvalue weighted by Crippen LogP contribution is -1.89. The fraction of sp³-hybridized carbons (Fsp3) is 0.158. The topological polar surface area (TPSA) is 50.2 Å². The quantitative estimate of drug-likeness (QED) is 0.535. The average molecular weight is 310 g/mol. The lowest BCUT2D eigenvalue weighted by Gasteiger charge is -2.03. The van der Waals surface area contributed by atoms with E-state index < -0.39 is 0 Å². The molecule has 4 rings (SSSR count). The van der Waals surface area contributed by atoms with Gasteiger partial charge in [0.2, 0.25) is 0 Å². The van der Waals surface area contributed by atoms with E-state index >= 15 is 0 Å². The van der Waals surface area contributed by atoms with Gasteiger partial charge in [-0.3, -0.25) is 0 Å². The minimum atomic E-state index is 0. The van der Waals surface area contributed by atoms with E-state index in [2.05, 4.69) is 21.7 Å². The molecular weight excluding hydrogens is 288 g/mol. The SMILES string of the molecule is C.COc1cccc2ccn(C)c12.Oc1cccc2cc[nH]c12. The number of aryl methyl sites for hydroxylation is 1. The number of aromatic nitrogens is 2. The summed E-state index contributed by atoms with van der Waals surface area (Å²) in [5, 5.41) is 11.5. The Labute approximate surface area is 135 Å². The summed E-state index contributed by atoms with van der Waals surface area (Å²) < 4.78 is 7.31. The van der Waals surface area contributed by atoms with Crippen molar-refractivity contribution in [2.75, 3.05) is 7.11 Å². The predicted octanol–water partition coefficient (Wildman–Crippen LogP) is 4.70. The zero-order valence-corrected chi connectivity index (χ0v) is 12.6. The minimum Gasteiger partial charge on any atom is -0.506 e. The van der Waals surface area contributed by atoms with Crippen LogP contribution in [0.25, 0.3) is 21.8 Å². The highest BCUT2D eigenvalue weighted by molar-refractivity contribution is 5.86. The van der Waals surface area contributed by atoms with Crippen molar-refractivity contribution in [3.05, 3.63) is 60.9 Å². The molecular formula is C19H22N2O2. The molecule has 2 aromatic heterocycles. The molecule has 0 amide bonds. The van der Waals surface area contributed by atoms with Crippen LogP contribution in [0.1, 0.15) is 7.43 Å². The van der Waals surface area contributed by atoms with Crippen LogP contribution in [0.3, 0.4) is 0 Å². The molecule has 0 atom stereocenters. The summed E-state index contributed by atoms with van der Waals surface area (Å²) in [6.45, 7) is 0. The van der Waals surface area contributed by atoms with Crippen LogP contribution < -0.4 is 4.74 Å². The third kappa shape index (κ3) is 3.16. The Kier molecular flexibility index (Phi) is 4.96. The Balaban J connectivity index is 0.000000162. The first-order valence-corrected chi connectivity index (χ1v) is 7.04. The van der Waals surface area contributed by atoms with Gasteiger partial charge in [-0.15, -0.1) is 0 Å². The van der Waals surface area contributed by atoms with Gasteiger partial charge < -0.3 is 19.4 Å². The lowest BCUT2D eigenvalue weighted by molar-refractivity contribution is 0.418. The van der Waals surface area contributed by atoms with Gasteiger partial charge in [0.1, 0.15) is 11.5 Å². The number of benzene rings is 2. The smallest absolute Gasteiger partial charge is 0.143 e. The molecule has 120 valence electrons. The molecule has 0 saturated heterocycles. The van der Waals surface area contributed by atoms with Crippen molar-refractivity contribution in [2.24, 2.45) is 7.05 Å². The predicted molar refractivity (Wildman–Crippen MR) is 96.2 cm³/mol. The molecule has 2 heterocycles. The van der Waals surface area contributed by atoms with Crippen LogP contribution in [0.4, 0.5) is 0 Å². The van der Waals surface area contributed by atoms with Gasteiger partial charge in [-0.05, 0) is 24.3 Å². The Hall–Kier alpha value is -2.88. The van der Waals surface area contributed by atoms with E-state index in [1.807, 2.05) is 49.8 Å². The average Bonchev–Trinajstić information content (AvgIpc) is 3.16. The van der Waals surface area contributed by atoms with Crippen molar-refractivity contribution in [3.8, 4) is 11.5 Å². The molecule has 4 nitrogen and oxygen atoms in total. The van der Waals surface area contributed by atoms with Crippen LogP contribution in [-0.4, -0.2) is 21.8 Å². The van der Waals surface area contributed by atoms with Gasteiger partial charge >= 0.3 is 0 Å². The van der Waals surface area contributed by atoms with Crippen LogP contribution in [0.2, 0.25) is 0 Å². The monoisotopic (exact) mass is 310 g/mol. The van der Waals surface area contributed by atoms with Crippen molar-refractivity contribution in [3.63, 3.8) is 0 Å².